The molecule has 0 amide bonds. The van der Waals surface area contributed by atoms with Gasteiger partial charge in [-0.2, -0.15) is 0 Å². The molecule has 0 atom stereocenters. The molecule has 1 aromatic carbocycles. The van der Waals surface area contributed by atoms with Crippen molar-refractivity contribution in [3.05, 3.63) is 42.5 Å². The van der Waals surface area contributed by atoms with E-state index in [2.05, 4.69) is 23.4 Å². The van der Waals surface area contributed by atoms with Crippen LogP contribution in [0.4, 0.5) is 5.69 Å². The Kier molecular flexibility index (Phi) is 3.87. The van der Waals surface area contributed by atoms with Crippen molar-refractivity contribution in [2.75, 3.05) is 12.3 Å². The van der Waals surface area contributed by atoms with Gasteiger partial charge in [-0.1, -0.05) is 19.9 Å². The lowest BCUT2D eigenvalue weighted by Crippen LogP contribution is -2.11. The molecule has 0 spiro atoms. The van der Waals surface area contributed by atoms with Crippen LogP contribution >= 0.6 is 0 Å². The number of nitrogen functional groups attached to an aromatic ring is 1. The van der Waals surface area contributed by atoms with Gasteiger partial charge >= 0.3 is 0 Å². The quantitative estimate of drug-likeness (QED) is 0.824. The second-order valence-electron chi connectivity index (χ2n) is 4.55. The average molecular weight is 245 g/mol. The van der Waals surface area contributed by atoms with Crippen LogP contribution in [0.1, 0.15) is 25.6 Å². The Morgan fingerprint density at radius 1 is 1.39 bits per heavy atom. The molecule has 18 heavy (non-hydrogen) atoms. The van der Waals surface area contributed by atoms with Gasteiger partial charge < -0.3 is 15.0 Å². The van der Waals surface area contributed by atoms with Crippen LogP contribution in [0.5, 0.6) is 5.75 Å². The molecular formula is C14H19N3O. The van der Waals surface area contributed by atoms with Crippen LogP contribution in [-0.2, 0) is 6.54 Å². The third-order valence-corrected chi connectivity index (χ3v) is 2.72. The normalized spacial score (nSPS) is 10.8. The Labute approximate surface area is 107 Å². The van der Waals surface area contributed by atoms with Crippen molar-refractivity contribution >= 4 is 5.69 Å². The summed E-state index contributed by atoms with van der Waals surface area (Å²) in [6.07, 6.45) is 3.81. The summed E-state index contributed by atoms with van der Waals surface area (Å²) in [5, 5.41) is 0. The molecule has 2 N–H and O–H groups in total. The third kappa shape index (κ3) is 3.03. The third-order valence-electron chi connectivity index (χ3n) is 2.72. The molecule has 0 unspecified atom stereocenters. The molecule has 4 heteroatoms. The molecule has 2 rings (SSSR count). The summed E-state index contributed by atoms with van der Waals surface area (Å²) in [6, 6.07) is 7.48. The Morgan fingerprint density at radius 2 is 2.22 bits per heavy atom. The highest BCUT2D eigenvalue weighted by atomic mass is 16.5. The molecule has 2 aromatic rings. The molecule has 0 aliphatic rings. The van der Waals surface area contributed by atoms with Gasteiger partial charge in [-0.15, -0.1) is 0 Å². The smallest absolute Gasteiger partial charge is 0.121 e. The predicted octanol–water partition coefficient (Wildman–Crippen LogP) is 2.67. The van der Waals surface area contributed by atoms with Crippen molar-refractivity contribution in [2.24, 2.45) is 0 Å². The lowest BCUT2D eigenvalue weighted by Gasteiger charge is -2.11. The van der Waals surface area contributed by atoms with Crippen molar-refractivity contribution in [3.63, 3.8) is 0 Å². The topological polar surface area (TPSA) is 53.1 Å². The predicted molar refractivity (Wildman–Crippen MR) is 72.7 cm³/mol. The summed E-state index contributed by atoms with van der Waals surface area (Å²) in [4.78, 5) is 4.34. The van der Waals surface area contributed by atoms with Crippen LogP contribution in [-0.4, -0.2) is 16.2 Å². The minimum absolute atomic E-state index is 0.423. The van der Waals surface area contributed by atoms with Crippen LogP contribution in [0.2, 0.25) is 0 Å². The average Bonchev–Trinajstić information content (AvgIpc) is 2.77. The van der Waals surface area contributed by atoms with E-state index in [-0.39, 0.29) is 0 Å². The van der Waals surface area contributed by atoms with Gasteiger partial charge in [-0.3, -0.25) is 0 Å². The zero-order valence-corrected chi connectivity index (χ0v) is 10.8. The second kappa shape index (κ2) is 5.58. The Balaban J connectivity index is 1.90. The van der Waals surface area contributed by atoms with E-state index in [0.29, 0.717) is 12.5 Å². The molecule has 0 aliphatic heterocycles. The maximum Gasteiger partial charge on any atom is 0.121 e. The summed E-state index contributed by atoms with van der Waals surface area (Å²) in [5.41, 5.74) is 6.41. The maximum atomic E-state index is 5.69. The summed E-state index contributed by atoms with van der Waals surface area (Å²) < 4.78 is 7.79. The number of nitrogens with zero attached hydrogens (tertiary/aromatic N) is 2. The summed E-state index contributed by atoms with van der Waals surface area (Å²) >= 11 is 0. The highest BCUT2D eigenvalue weighted by Gasteiger charge is 2.06. The molecule has 0 saturated heterocycles. The van der Waals surface area contributed by atoms with E-state index < -0.39 is 0 Å². The first kappa shape index (κ1) is 12.5. The molecule has 0 fully saturated rings. The second-order valence-corrected chi connectivity index (χ2v) is 4.55. The molecule has 0 radical (unpaired) electrons. The number of benzene rings is 1. The molecule has 0 saturated carbocycles. The SMILES string of the molecule is CC(C)c1nccn1CCOc1cccc(N)c1. The van der Waals surface area contributed by atoms with Gasteiger partial charge in [0, 0.05) is 30.1 Å². The standard InChI is InChI=1S/C14H19N3O/c1-11(2)14-16-6-7-17(14)8-9-18-13-5-3-4-12(15)10-13/h3-7,10-11H,8-9,15H2,1-2H3. The van der Waals surface area contributed by atoms with E-state index in [4.69, 9.17) is 10.5 Å². The number of hydrogen-bond donors (Lipinski definition) is 1. The van der Waals surface area contributed by atoms with Crippen molar-refractivity contribution in [2.45, 2.75) is 26.3 Å². The van der Waals surface area contributed by atoms with E-state index in [1.54, 1.807) is 0 Å². The van der Waals surface area contributed by atoms with E-state index in [1.807, 2.05) is 36.7 Å². The number of imidazole rings is 1. The number of nitrogens with two attached hydrogens (primary N) is 1. The van der Waals surface area contributed by atoms with Gasteiger partial charge in [-0.05, 0) is 12.1 Å². The van der Waals surface area contributed by atoms with Crippen LogP contribution in [0, 0.1) is 0 Å². The lowest BCUT2D eigenvalue weighted by molar-refractivity contribution is 0.295. The molecule has 1 heterocycles. The zero-order chi connectivity index (χ0) is 13.0. The van der Waals surface area contributed by atoms with Gasteiger partial charge in [-0.25, -0.2) is 4.98 Å². The van der Waals surface area contributed by atoms with Crippen molar-refractivity contribution in [1.29, 1.82) is 0 Å². The van der Waals surface area contributed by atoms with E-state index in [9.17, 15) is 0 Å². The van der Waals surface area contributed by atoms with Gasteiger partial charge in [0.15, 0.2) is 0 Å². The minimum atomic E-state index is 0.423. The number of ether oxygens (including phenoxy) is 1. The highest BCUT2D eigenvalue weighted by molar-refractivity contribution is 5.43. The van der Waals surface area contributed by atoms with Crippen LogP contribution in [0.25, 0.3) is 0 Å². The van der Waals surface area contributed by atoms with Crippen LogP contribution < -0.4 is 10.5 Å². The first-order valence-corrected chi connectivity index (χ1v) is 6.16. The van der Waals surface area contributed by atoms with Crippen molar-refractivity contribution in [1.82, 2.24) is 9.55 Å². The Hall–Kier alpha value is -1.97. The van der Waals surface area contributed by atoms with Crippen LogP contribution in [0.15, 0.2) is 36.7 Å². The number of aromatic nitrogens is 2. The maximum absolute atomic E-state index is 5.69. The Bertz CT molecular complexity index is 505. The molecular weight excluding hydrogens is 226 g/mol. The summed E-state index contributed by atoms with van der Waals surface area (Å²) in [6.45, 7) is 5.68. The lowest BCUT2D eigenvalue weighted by atomic mass is 10.2. The molecule has 4 nitrogen and oxygen atoms in total. The van der Waals surface area contributed by atoms with Gasteiger partial charge in [0.25, 0.3) is 0 Å². The monoisotopic (exact) mass is 245 g/mol. The van der Waals surface area contributed by atoms with E-state index in [1.165, 1.54) is 0 Å². The largest absolute Gasteiger partial charge is 0.492 e. The fourth-order valence-corrected chi connectivity index (χ4v) is 1.88. The molecule has 0 bridgehead atoms. The van der Waals surface area contributed by atoms with E-state index >= 15 is 0 Å². The van der Waals surface area contributed by atoms with Crippen molar-refractivity contribution < 1.29 is 4.74 Å². The zero-order valence-electron chi connectivity index (χ0n) is 10.8. The first-order valence-electron chi connectivity index (χ1n) is 6.16. The molecule has 1 aromatic heterocycles. The summed E-state index contributed by atoms with van der Waals surface area (Å²) in [5.74, 6) is 2.32. The Morgan fingerprint density at radius 3 is 2.94 bits per heavy atom. The van der Waals surface area contributed by atoms with Gasteiger partial charge in [0.05, 0.1) is 6.54 Å². The highest BCUT2D eigenvalue weighted by Crippen LogP contribution is 2.15. The minimum Gasteiger partial charge on any atom is -0.492 e. The van der Waals surface area contributed by atoms with E-state index in [0.717, 1.165) is 23.8 Å². The number of rotatable bonds is 5. The first-order chi connectivity index (χ1) is 8.66. The number of hydrogen-bond acceptors (Lipinski definition) is 3. The molecule has 96 valence electrons. The van der Waals surface area contributed by atoms with Gasteiger partial charge in [0.1, 0.15) is 18.2 Å². The van der Waals surface area contributed by atoms with Crippen LogP contribution in [0.3, 0.4) is 0 Å². The molecule has 0 aliphatic carbocycles. The fourth-order valence-electron chi connectivity index (χ4n) is 1.88. The number of anilines is 1. The summed E-state index contributed by atoms with van der Waals surface area (Å²) in [7, 11) is 0. The van der Waals surface area contributed by atoms with Crippen molar-refractivity contribution in [3.8, 4) is 5.75 Å². The fraction of sp³-hybridized carbons (Fsp3) is 0.357. The van der Waals surface area contributed by atoms with Gasteiger partial charge in [0.2, 0.25) is 0 Å².